The topological polar surface area (TPSA) is 78.5 Å². The van der Waals surface area contributed by atoms with Gasteiger partial charge in [-0.25, -0.2) is 13.1 Å². The highest BCUT2D eigenvalue weighted by Gasteiger charge is 2.51. The zero-order valence-electron chi connectivity index (χ0n) is 20.1. The second-order valence-corrected chi connectivity index (χ2v) is 13.3. The van der Waals surface area contributed by atoms with Crippen LogP contribution in [0.2, 0.25) is 0 Å². The molecule has 182 valence electrons. The van der Waals surface area contributed by atoms with E-state index in [0.29, 0.717) is 11.4 Å². The van der Waals surface area contributed by atoms with Crippen molar-refractivity contribution in [2.45, 2.75) is 81.7 Å². The number of hydrogen-bond donors (Lipinski definition) is 2. The van der Waals surface area contributed by atoms with Gasteiger partial charge >= 0.3 is 0 Å². The van der Waals surface area contributed by atoms with Gasteiger partial charge in [0.1, 0.15) is 0 Å². The summed E-state index contributed by atoms with van der Waals surface area (Å²) in [5.41, 5.74) is 1.08. The van der Waals surface area contributed by atoms with Crippen LogP contribution in [-0.2, 0) is 14.8 Å². The molecule has 33 heavy (non-hydrogen) atoms. The van der Waals surface area contributed by atoms with Gasteiger partial charge in [0.25, 0.3) is 0 Å². The van der Waals surface area contributed by atoms with E-state index in [1.807, 2.05) is 26.0 Å². The number of piperidine rings is 1. The average molecular weight is 474 g/mol. The standard InChI is InChI=1S/C26H39N3O3S/c1-18-5-7-24(8-6-18)33(31,32)27-16-20-4-3-9-29(17-20)19(2)25(30)28-26-13-21-10-22(14-26)12-23(11-21)15-26/h5-8,19-23,27H,3-4,9-17H2,1-2H3,(H,28,30). The first-order valence-electron chi connectivity index (χ1n) is 12.8. The second-order valence-electron chi connectivity index (χ2n) is 11.5. The predicted molar refractivity (Wildman–Crippen MR) is 129 cm³/mol. The van der Waals surface area contributed by atoms with Crippen molar-refractivity contribution in [1.82, 2.24) is 14.9 Å². The Kier molecular flexibility index (Phi) is 6.34. The normalized spacial score (nSPS) is 34.8. The Balaban J connectivity index is 1.16. The fourth-order valence-corrected chi connectivity index (χ4v) is 8.56. The van der Waals surface area contributed by atoms with E-state index < -0.39 is 10.0 Å². The lowest BCUT2D eigenvalue weighted by Crippen LogP contribution is -2.62. The minimum Gasteiger partial charge on any atom is -0.349 e. The van der Waals surface area contributed by atoms with E-state index in [2.05, 4.69) is 14.9 Å². The molecule has 2 unspecified atom stereocenters. The third-order valence-corrected chi connectivity index (χ3v) is 10.2. The number of rotatable bonds is 7. The van der Waals surface area contributed by atoms with Crippen LogP contribution in [0.4, 0.5) is 0 Å². The molecule has 1 aromatic carbocycles. The first-order chi connectivity index (χ1) is 15.7. The van der Waals surface area contributed by atoms with Crippen LogP contribution >= 0.6 is 0 Å². The summed E-state index contributed by atoms with van der Waals surface area (Å²) in [7, 11) is -3.51. The molecular weight excluding hydrogens is 434 g/mol. The number of sulfonamides is 1. The fourth-order valence-electron chi connectivity index (χ4n) is 7.44. The van der Waals surface area contributed by atoms with E-state index in [4.69, 9.17) is 0 Å². The number of benzene rings is 1. The first kappa shape index (κ1) is 23.3. The van der Waals surface area contributed by atoms with Crippen molar-refractivity contribution in [3.05, 3.63) is 29.8 Å². The van der Waals surface area contributed by atoms with Crippen LogP contribution in [0.25, 0.3) is 0 Å². The van der Waals surface area contributed by atoms with Crippen molar-refractivity contribution >= 4 is 15.9 Å². The lowest BCUT2D eigenvalue weighted by Gasteiger charge is -2.57. The molecule has 5 aliphatic rings. The third-order valence-electron chi connectivity index (χ3n) is 8.80. The Hall–Kier alpha value is -1.44. The van der Waals surface area contributed by atoms with Crippen molar-refractivity contribution < 1.29 is 13.2 Å². The minimum absolute atomic E-state index is 0.0406. The van der Waals surface area contributed by atoms with Gasteiger partial charge in [0.05, 0.1) is 10.9 Å². The monoisotopic (exact) mass is 473 g/mol. The molecule has 1 saturated heterocycles. The van der Waals surface area contributed by atoms with Crippen molar-refractivity contribution in [3.63, 3.8) is 0 Å². The molecule has 0 radical (unpaired) electrons. The SMILES string of the molecule is Cc1ccc(S(=O)(=O)NCC2CCCN(C(C)C(=O)NC34CC5CC(CC(C5)C3)C4)C2)cc1. The van der Waals surface area contributed by atoms with Crippen molar-refractivity contribution in [2.75, 3.05) is 19.6 Å². The number of nitrogens with zero attached hydrogens (tertiary/aromatic N) is 1. The Morgan fingerprint density at radius 1 is 1.09 bits per heavy atom. The molecule has 2 N–H and O–H groups in total. The number of aryl methyl sites for hydroxylation is 1. The molecule has 4 aliphatic carbocycles. The summed E-state index contributed by atoms with van der Waals surface area (Å²) in [4.78, 5) is 15.9. The van der Waals surface area contributed by atoms with Gasteiger partial charge in [-0.3, -0.25) is 9.69 Å². The Morgan fingerprint density at radius 2 is 1.70 bits per heavy atom. The van der Waals surface area contributed by atoms with Gasteiger partial charge in [-0.1, -0.05) is 17.7 Å². The van der Waals surface area contributed by atoms with Gasteiger partial charge in [-0.15, -0.1) is 0 Å². The summed E-state index contributed by atoms with van der Waals surface area (Å²) in [5, 5.41) is 3.53. The summed E-state index contributed by atoms with van der Waals surface area (Å²) in [6.07, 6.45) is 9.59. The van der Waals surface area contributed by atoms with Crippen molar-refractivity contribution in [3.8, 4) is 0 Å². The van der Waals surface area contributed by atoms with E-state index in [0.717, 1.165) is 49.2 Å². The number of likely N-dealkylation sites (tertiary alicyclic amines) is 1. The van der Waals surface area contributed by atoms with Gasteiger partial charge < -0.3 is 5.32 Å². The zero-order chi connectivity index (χ0) is 23.2. The van der Waals surface area contributed by atoms with Gasteiger partial charge in [0.2, 0.25) is 15.9 Å². The number of carbonyl (C=O) groups excluding carboxylic acids is 1. The lowest BCUT2D eigenvalue weighted by molar-refractivity contribution is -0.132. The quantitative estimate of drug-likeness (QED) is 0.636. The molecular formula is C26H39N3O3S. The molecule has 0 aromatic heterocycles. The Labute approximate surface area is 198 Å². The predicted octanol–water partition coefficient (Wildman–Crippen LogP) is 3.46. The van der Waals surface area contributed by atoms with Crippen LogP contribution < -0.4 is 10.0 Å². The van der Waals surface area contributed by atoms with E-state index in [-0.39, 0.29) is 23.4 Å². The van der Waals surface area contributed by atoms with Gasteiger partial charge in [-0.05, 0) is 108 Å². The molecule has 0 spiro atoms. The highest BCUT2D eigenvalue weighted by Crippen LogP contribution is 2.55. The molecule has 1 heterocycles. The molecule has 4 saturated carbocycles. The van der Waals surface area contributed by atoms with E-state index >= 15 is 0 Å². The molecule has 6 nitrogen and oxygen atoms in total. The largest absolute Gasteiger partial charge is 0.349 e. The smallest absolute Gasteiger partial charge is 0.240 e. The molecule has 1 aliphatic heterocycles. The lowest BCUT2D eigenvalue weighted by atomic mass is 9.53. The molecule has 1 amide bonds. The van der Waals surface area contributed by atoms with Gasteiger partial charge in [0.15, 0.2) is 0 Å². The first-order valence-corrected chi connectivity index (χ1v) is 14.3. The van der Waals surface area contributed by atoms with Crippen LogP contribution in [0.1, 0.15) is 63.9 Å². The number of carbonyl (C=O) groups is 1. The highest BCUT2D eigenvalue weighted by atomic mass is 32.2. The molecule has 6 rings (SSSR count). The summed E-state index contributed by atoms with van der Waals surface area (Å²) in [5.74, 6) is 2.82. The summed E-state index contributed by atoms with van der Waals surface area (Å²) >= 11 is 0. The maximum atomic E-state index is 13.3. The van der Waals surface area contributed by atoms with E-state index in [9.17, 15) is 13.2 Å². The van der Waals surface area contributed by atoms with E-state index in [1.54, 1.807) is 12.1 Å². The van der Waals surface area contributed by atoms with Crippen LogP contribution in [0.3, 0.4) is 0 Å². The van der Waals surface area contributed by atoms with Crippen LogP contribution in [0, 0.1) is 30.6 Å². The molecule has 5 fully saturated rings. The number of amides is 1. The average Bonchev–Trinajstić information content (AvgIpc) is 2.76. The zero-order valence-corrected chi connectivity index (χ0v) is 20.9. The summed E-state index contributed by atoms with van der Waals surface area (Å²) < 4.78 is 28.1. The van der Waals surface area contributed by atoms with Crippen molar-refractivity contribution in [1.29, 1.82) is 0 Å². The second kappa shape index (κ2) is 8.97. The van der Waals surface area contributed by atoms with Crippen LogP contribution in [0.15, 0.2) is 29.2 Å². The van der Waals surface area contributed by atoms with Crippen LogP contribution in [0.5, 0.6) is 0 Å². The third kappa shape index (κ3) is 5.01. The maximum Gasteiger partial charge on any atom is 0.240 e. The molecule has 4 bridgehead atoms. The Morgan fingerprint density at radius 3 is 2.30 bits per heavy atom. The number of hydrogen-bond acceptors (Lipinski definition) is 4. The Bertz CT molecular complexity index is 940. The minimum atomic E-state index is -3.51. The molecule has 1 aromatic rings. The fraction of sp³-hybridized carbons (Fsp3) is 0.731. The molecule has 7 heteroatoms. The van der Waals surface area contributed by atoms with Crippen LogP contribution in [-0.4, -0.2) is 50.4 Å². The molecule has 2 atom stereocenters. The maximum absolute atomic E-state index is 13.3. The summed E-state index contributed by atoms with van der Waals surface area (Å²) in [6, 6.07) is 6.78. The van der Waals surface area contributed by atoms with Gasteiger partial charge in [0, 0.05) is 18.6 Å². The van der Waals surface area contributed by atoms with E-state index in [1.165, 1.54) is 38.5 Å². The van der Waals surface area contributed by atoms with Gasteiger partial charge in [-0.2, -0.15) is 0 Å². The number of nitrogens with one attached hydrogen (secondary N) is 2. The van der Waals surface area contributed by atoms with Crippen molar-refractivity contribution in [2.24, 2.45) is 23.7 Å². The highest BCUT2D eigenvalue weighted by molar-refractivity contribution is 7.89. The summed E-state index contributed by atoms with van der Waals surface area (Å²) in [6.45, 7) is 6.04.